The van der Waals surface area contributed by atoms with Crippen molar-refractivity contribution in [3.63, 3.8) is 0 Å². The number of ether oxygens (including phenoxy) is 2. The van der Waals surface area contributed by atoms with E-state index in [0.29, 0.717) is 4.31 Å². The van der Waals surface area contributed by atoms with Gasteiger partial charge in [-0.2, -0.15) is 0 Å². The van der Waals surface area contributed by atoms with Crippen LogP contribution in [0, 0.1) is 0 Å². The summed E-state index contributed by atoms with van der Waals surface area (Å²) in [5.41, 5.74) is -0.498. The first-order valence-electron chi connectivity index (χ1n) is 8.13. The van der Waals surface area contributed by atoms with Gasteiger partial charge < -0.3 is 9.47 Å². The number of likely N-dealkylation sites (N-methyl/N-ethyl adjacent to an activating group) is 1. The minimum absolute atomic E-state index is 0.00599. The number of amides is 2. The topological polar surface area (TPSA) is 127 Å². The number of carbonyl (C=O) groups excluding carboxylic acids is 4. The number of benzene rings is 1. The molecular formula is C17H16N2O8S. The number of fused-ring (bicyclic) bond motifs is 1. The SMILES string of the molecule is COC(=O)C1=C(OC(=O)CN2C(=O)CCC2=O)c2ccccc2S(=O)(=O)N1C. The van der Waals surface area contributed by atoms with E-state index in [1.807, 2.05) is 0 Å². The minimum Gasteiger partial charge on any atom is -0.464 e. The van der Waals surface area contributed by atoms with Gasteiger partial charge in [0, 0.05) is 25.5 Å². The summed E-state index contributed by atoms with van der Waals surface area (Å²) in [6, 6.07) is 5.67. The Labute approximate surface area is 160 Å². The zero-order valence-corrected chi connectivity index (χ0v) is 15.8. The summed E-state index contributed by atoms with van der Waals surface area (Å²) < 4.78 is 35.9. The van der Waals surface area contributed by atoms with Gasteiger partial charge in [0.05, 0.1) is 12.0 Å². The number of imide groups is 1. The van der Waals surface area contributed by atoms with Gasteiger partial charge >= 0.3 is 11.9 Å². The van der Waals surface area contributed by atoms with Gasteiger partial charge in [0.1, 0.15) is 6.54 Å². The van der Waals surface area contributed by atoms with E-state index in [-0.39, 0.29) is 29.1 Å². The van der Waals surface area contributed by atoms with Crippen molar-refractivity contribution in [1.82, 2.24) is 9.21 Å². The molecule has 1 saturated heterocycles. The third kappa shape index (κ3) is 3.13. The fourth-order valence-electron chi connectivity index (χ4n) is 2.91. The Morgan fingerprint density at radius 1 is 1.11 bits per heavy atom. The summed E-state index contributed by atoms with van der Waals surface area (Å²) in [7, 11) is -1.89. The lowest BCUT2D eigenvalue weighted by Crippen LogP contribution is -2.38. The highest BCUT2D eigenvalue weighted by atomic mass is 32.2. The molecule has 10 nitrogen and oxygen atoms in total. The lowest BCUT2D eigenvalue weighted by Gasteiger charge is -2.29. The van der Waals surface area contributed by atoms with E-state index in [1.54, 1.807) is 0 Å². The average Bonchev–Trinajstić information content (AvgIpc) is 2.98. The number of sulfonamides is 1. The predicted octanol–water partition coefficient (Wildman–Crippen LogP) is -0.146. The Kier molecular flexibility index (Phi) is 4.94. The Balaban J connectivity index is 2.04. The van der Waals surface area contributed by atoms with Crippen molar-refractivity contribution >= 4 is 39.5 Å². The lowest BCUT2D eigenvalue weighted by molar-refractivity contribution is -0.148. The fourth-order valence-corrected chi connectivity index (χ4v) is 4.30. The van der Waals surface area contributed by atoms with Crippen molar-refractivity contribution in [2.45, 2.75) is 17.7 Å². The van der Waals surface area contributed by atoms with Crippen molar-refractivity contribution < 1.29 is 37.1 Å². The van der Waals surface area contributed by atoms with Crippen LogP contribution < -0.4 is 0 Å². The molecule has 2 amide bonds. The number of methoxy groups -OCH3 is 1. The molecule has 0 N–H and O–H groups in total. The molecule has 1 aromatic carbocycles. The van der Waals surface area contributed by atoms with Crippen molar-refractivity contribution in [2.24, 2.45) is 0 Å². The second-order valence-electron chi connectivity index (χ2n) is 5.99. The second kappa shape index (κ2) is 7.08. The van der Waals surface area contributed by atoms with Gasteiger partial charge in [-0.15, -0.1) is 0 Å². The smallest absolute Gasteiger partial charge is 0.359 e. The number of nitrogens with zero attached hydrogens (tertiary/aromatic N) is 2. The average molecular weight is 408 g/mol. The van der Waals surface area contributed by atoms with Gasteiger partial charge in [-0.05, 0) is 12.1 Å². The third-order valence-corrected chi connectivity index (χ3v) is 6.15. The summed E-state index contributed by atoms with van der Waals surface area (Å²) in [6.45, 7) is -0.645. The molecule has 28 heavy (non-hydrogen) atoms. The molecule has 148 valence electrons. The van der Waals surface area contributed by atoms with Gasteiger partial charge in [0.25, 0.3) is 10.0 Å². The number of carbonyl (C=O) groups is 4. The highest BCUT2D eigenvalue weighted by molar-refractivity contribution is 7.89. The first-order valence-corrected chi connectivity index (χ1v) is 9.57. The van der Waals surface area contributed by atoms with E-state index in [0.717, 1.165) is 19.1 Å². The van der Waals surface area contributed by atoms with Crippen LogP contribution in [0.25, 0.3) is 5.76 Å². The molecule has 0 saturated carbocycles. The van der Waals surface area contributed by atoms with Gasteiger partial charge in [0.2, 0.25) is 11.8 Å². The van der Waals surface area contributed by atoms with Crippen molar-refractivity contribution in [2.75, 3.05) is 20.7 Å². The molecule has 2 heterocycles. The molecule has 11 heteroatoms. The van der Waals surface area contributed by atoms with E-state index in [2.05, 4.69) is 4.74 Å². The monoisotopic (exact) mass is 408 g/mol. The van der Waals surface area contributed by atoms with Crippen LogP contribution in [0.1, 0.15) is 18.4 Å². The second-order valence-corrected chi connectivity index (χ2v) is 7.92. The Bertz CT molecular complexity index is 1010. The molecule has 1 aromatic rings. The van der Waals surface area contributed by atoms with Crippen LogP contribution in [0.15, 0.2) is 34.9 Å². The summed E-state index contributed by atoms with van der Waals surface area (Å²) in [5.74, 6) is -3.37. The minimum atomic E-state index is -4.07. The fraction of sp³-hybridized carbons (Fsp3) is 0.294. The van der Waals surface area contributed by atoms with Gasteiger partial charge in [-0.1, -0.05) is 12.1 Å². The third-order valence-electron chi connectivity index (χ3n) is 4.34. The molecule has 0 unspecified atom stereocenters. The highest BCUT2D eigenvalue weighted by Gasteiger charge is 2.40. The Morgan fingerprint density at radius 2 is 1.71 bits per heavy atom. The van der Waals surface area contributed by atoms with Crippen LogP contribution in [-0.4, -0.2) is 62.1 Å². The maximum absolute atomic E-state index is 12.7. The molecule has 2 aliphatic heterocycles. The van der Waals surface area contributed by atoms with E-state index in [4.69, 9.17) is 4.74 Å². The molecule has 3 rings (SSSR count). The molecule has 1 fully saturated rings. The first kappa shape index (κ1) is 19.5. The highest BCUT2D eigenvalue weighted by Crippen LogP contribution is 2.37. The predicted molar refractivity (Wildman–Crippen MR) is 92.4 cm³/mol. The number of esters is 2. The van der Waals surface area contributed by atoms with Gasteiger partial charge in [0.15, 0.2) is 11.5 Å². The quantitative estimate of drug-likeness (QED) is 0.497. The number of rotatable bonds is 4. The summed E-state index contributed by atoms with van der Waals surface area (Å²) in [6.07, 6.45) is 0.0120. The van der Waals surface area contributed by atoms with Crippen LogP contribution in [0.3, 0.4) is 0 Å². The van der Waals surface area contributed by atoms with Crippen LogP contribution in [0.2, 0.25) is 0 Å². The van der Waals surface area contributed by atoms with E-state index >= 15 is 0 Å². The van der Waals surface area contributed by atoms with Gasteiger partial charge in [-0.25, -0.2) is 18.0 Å². The number of hydrogen-bond donors (Lipinski definition) is 0. The molecule has 0 aliphatic carbocycles. The van der Waals surface area contributed by atoms with Crippen molar-refractivity contribution in [3.8, 4) is 0 Å². The molecule has 0 aromatic heterocycles. The standard InChI is InChI=1S/C17H16N2O8S/c1-18-15(17(23)26-2)16(10-5-3-4-6-11(10)28(18,24)25)27-14(22)9-19-12(20)7-8-13(19)21/h3-6H,7-9H2,1-2H3. The Morgan fingerprint density at radius 3 is 2.32 bits per heavy atom. The maximum Gasteiger partial charge on any atom is 0.359 e. The lowest BCUT2D eigenvalue weighted by atomic mass is 10.1. The summed E-state index contributed by atoms with van der Waals surface area (Å²) in [4.78, 5) is 48.6. The zero-order valence-electron chi connectivity index (χ0n) is 15.0. The van der Waals surface area contributed by atoms with Crippen molar-refractivity contribution in [1.29, 1.82) is 0 Å². The van der Waals surface area contributed by atoms with E-state index in [1.165, 1.54) is 24.3 Å². The molecule has 0 spiro atoms. The molecule has 0 bridgehead atoms. The molecule has 0 radical (unpaired) electrons. The van der Waals surface area contributed by atoms with Crippen LogP contribution >= 0.6 is 0 Å². The van der Waals surface area contributed by atoms with Gasteiger partial charge in [-0.3, -0.25) is 18.8 Å². The summed E-state index contributed by atoms with van der Waals surface area (Å²) >= 11 is 0. The van der Waals surface area contributed by atoms with Crippen LogP contribution in [-0.2, 0) is 38.7 Å². The Hall–Kier alpha value is -3.21. The number of likely N-dealkylation sites (tertiary alicyclic amines) is 1. The maximum atomic E-state index is 12.7. The normalized spacial score (nSPS) is 18.2. The van der Waals surface area contributed by atoms with Crippen LogP contribution in [0.5, 0.6) is 0 Å². The molecule has 2 aliphatic rings. The first-order chi connectivity index (χ1) is 13.2. The van der Waals surface area contributed by atoms with Crippen molar-refractivity contribution in [3.05, 3.63) is 35.5 Å². The molecular weight excluding hydrogens is 392 g/mol. The molecule has 0 atom stereocenters. The van der Waals surface area contributed by atoms with Crippen LogP contribution in [0.4, 0.5) is 0 Å². The number of hydrogen-bond acceptors (Lipinski definition) is 8. The largest absolute Gasteiger partial charge is 0.464 e. The van der Waals surface area contributed by atoms with E-state index < -0.39 is 46.0 Å². The zero-order chi connectivity index (χ0) is 20.6. The summed E-state index contributed by atoms with van der Waals surface area (Å²) in [5, 5.41) is 0. The van der Waals surface area contributed by atoms with E-state index in [9.17, 15) is 27.6 Å².